The Morgan fingerprint density at radius 1 is 1.08 bits per heavy atom. The van der Waals surface area contributed by atoms with Crippen LogP contribution >= 0.6 is 0 Å². The van der Waals surface area contributed by atoms with E-state index in [1.807, 2.05) is 18.2 Å². The van der Waals surface area contributed by atoms with E-state index >= 15 is 0 Å². The third-order valence-corrected chi connectivity index (χ3v) is 8.36. The maximum atomic E-state index is 13.7. The molecule has 0 saturated carbocycles. The van der Waals surface area contributed by atoms with Crippen molar-refractivity contribution in [2.45, 2.75) is 103 Å². The highest BCUT2D eigenvalue weighted by atomic mass is 16.5. The predicted octanol–water partition coefficient (Wildman–Crippen LogP) is 4.45. The summed E-state index contributed by atoms with van der Waals surface area (Å²) in [6, 6.07) is 11.5. The number of amidine groups is 1. The lowest BCUT2D eigenvalue weighted by atomic mass is 10.0. The lowest BCUT2D eigenvalue weighted by Crippen LogP contribution is -2.59. The average molecular weight is 512 g/mol. The highest BCUT2D eigenvalue weighted by Crippen LogP contribution is 2.30. The van der Waals surface area contributed by atoms with Crippen LogP contribution in [0.4, 0.5) is 0 Å². The van der Waals surface area contributed by atoms with E-state index in [4.69, 9.17) is 9.73 Å². The number of piperazine rings is 1. The molecule has 1 aromatic rings. The summed E-state index contributed by atoms with van der Waals surface area (Å²) in [7, 11) is 0. The molecule has 2 saturated heterocycles. The molecule has 0 aromatic heterocycles. The first kappa shape index (κ1) is 27.9. The fourth-order valence-corrected chi connectivity index (χ4v) is 5.90. The number of ether oxygens (including phenoxy) is 1. The SMILES string of the molecule is CCC(C)N[C@H](CCCCN1CCCCC1)C(=O)N1CCN(C2=N[C@@H](C)[C@H](c3ccccc3)O2)C[C@H]1C. The van der Waals surface area contributed by atoms with Crippen LogP contribution in [0.1, 0.15) is 84.3 Å². The number of likely N-dealkylation sites (tertiary alicyclic amines) is 1. The fraction of sp³-hybridized carbons (Fsp3) is 0.733. The molecule has 4 rings (SSSR count). The Hall–Kier alpha value is -2.12. The molecule has 7 heteroatoms. The zero-order valence-electron chi connectivity index (χ0n) is 23.6. The molecule has 3 heterocycles. The molecule has 1 amide bonds. The van der Waals surface area contributed by atoms with Crippen LogP contribution in [0.3, 0.4) is 0 Å². The lowest BCUT2D eigenvalue weighted by molar-refractivity contribution is -0.138. The second-order valence-corrected chi connectivity index (χ2v) is 11.4. The molecule has 3 aliphatic rings. The Kier molecular flexibility index (Phi) is 10.3. The Morgan fingerprint density at radius 3 is 2.54 bits per heavy atom. The molecule has 2 fully saturated rings. The molecular weight excluding hydrogens is 462 g/mol. The standard InChI is InChI=1S/C30H49N5O2/c1-5-23(2)31-27(16-10-13-19-33-17-11-7-12-18-33)29(36)35-21-20-34(22-24(35)3)30-32-25(4)28(37-30)26-14-8-6-9-15-26/h6,8-9,14-15,23-25,27-28,31H,5,7,10-13,16-22H2,1-4H3/t23?,24-,25+,27-,28-/m1/s1. The van der Waals surface area contributed by atoms with Crippen molar-refractivity contribution in [2.75, 3.05) is 39.3 Å². The van der Waals surface area contributed by atoms with Gasteiger partial charge in [-0.15, -0.1) is 0 Å². The molecule has 0 spiro atoms. The highest BCUT2D eigenvalue weighted by Gasteiger charge is 2.37. The number of rotatable bonds is 10. The topological polar surface area (TPSA) is 60.4 Å². The Morgan fingerprint density at radius 2 is 1.84 bits per heavy atom. The van der Waals surface area contributed by atoms with Crippen LogP contribution < -0.4 is 5.32 Å². The summed E-state index contributed by atoms with van der Waals surface area (Å²) >= 11 is 0. The van der Waals surface area contributed by atoms with Crippen LogP contribution in [0.25, 0.3) is 0 Å². The molecular formula is C30H49N5O2. The van der Waals surface area contributed by atoms with Gasteiger partial charge in [0.2, 0.25) is 5.91 Å². The zero-order valence-corrected chi connectivity index (χ0v) is 23.6. The molecule has 37 heavy (non-hydrogen) atoms. The molecule has 206 valence electrons. The van der Waals surface area contributed by atoms with E-state index in [-0.39, 0.29) is 30.1 Å². The van der Waals surface area contributed by atoms with Crippen molar-refractivity contribution in [3.8, 4) is 0 Å². The van der Waals surface area contributed by atoms with Crippen LogP contribution in [-0.2, 0) is 9.53 Å². The minimum Gasteiger partial charge on any atom is -0.455 e. The Labute approximate surface area is 224 Å². The van der Waals surface area contributed by atoms with E-state index in [1.54, 1.807) is 0 Å². The molecule has 1 unspecified atom stereocenters. The number of unbranched alkanes of at least 4 members (excludes halogenated alkanes) is 1. The minimum absolute atomic E-state index is 0.0415. The lowest BCUT2D eigenvalue weighted by Gasteiger charge is -2.42. The Bertz CT molecular complexity index is 872. The number of aliphatic imine (C=N–C) groups is 1. The number of nitrogens with zero attached hydrogens (tertiary/aromatic N) is 4. The number of carbonyl (C=O) groups is 1. The van der Waals surface area contributed by atoms with Crippen molar-refractivity contribution in [3.05, 3.63) is 35.9 Å². The highest BCUT2D eigenvalue weighted by molar-refractivity contribution is 5.83. The van der Waals surface area contributed by atoms with Crippen molar-refractivity contribution < 1.29 is 9.53 Å². The van der Waals surface area contributed by atoms with Gasteiger partial charge in [0.1, 0.15) is 6.10 Å². The quantitative estimate of drug-likeness (QED) is 0.471. The minimum atomic E-state index is -0.104. The zero-order chi connectivity index (χ0) is 26.2. The van der Waals surface area contributed by atoms with E-state index in [0.717, 1.165) is 43.9 Å². The molecule has 0 radical (unpaired) electrons. The molecule has 1 aromatic carbocycles. The maximum Gasteiger partial charge on any atom is 0.288 e. The molecule has 0 bridgehead atoms. The third-order valence-electron chi connectivity index (χ3n) is 8.36. The van der Waals surface area contributed by atoms with Gasteiger partial charge < -0.3 is 24.8 Å². The summed E-state index contributed by atoms with van der Waals surface area (Å²) in [4.78, 5) is 25.5. The molecule has 0 aliphatic carbocycles. The van der Waals surface area contributed by atoms with Crippen LogP contribution in [0.15, 0.2) is 35.3 Å². The molecule has 5 atom stereocenters. The first-order valence-corrected chi connectivity index (χ1v) is 14.8. The number of amides is 1. The van der Waals surface area contributed by atoms with Crippen LogP contribution in [0.5, 0.6) is 0 Å². The number of hydrogen-bond acceptors (Lipinski definition) is 6. The second kappa shape index (κ2) is 13.6. The normalized spacial score (nSPS) is 26.5. The van der Waals surface area contributed by atoms with Crippen molar-refractivity contribution in [1.29, 1.82) is 0 Å². The van der Waals surface area contributed by atoms with Crippen molar-refractivity contribution >= 4 is 11.9 Å². The van der Waals surface area contributed by atoms with Crippen molar-refractivity contribution in [2.24, 2.45) is 4.99 Å². The average Bonchev–Trinajstić information content (AvgIpc) is 3.32. The number of benzene rings is 1. The predicted molar refractivity (Wildman–Crippen MR) is 151 cm³/mol. The van der Waals surface area contributed by atoms with E-state index < -0.39 is 0 Å². The van der Waals surface area contributed by atoms with E-state index in [0.29, 0.717) is 12.6 Å². The van der Waals surface area contributed by atoms with Crippen LogP contribution in [-0.4, -0.2) is 90.1 Å². The smallest absolute Gasteiger partial charge is 0.288 e. The molecule has 1 N–H and O–H groups in total. The summed E-state index contributed by atoms with van der Waals surface area (Å²) in [5.41, 5.74) is 1.16. The third kappa shape index (κ3) is 7.47. The van der Waals surface area contributed by atoms with Crippen LogP contribution in [0, 0.1) is 0 Å². The van der Waals surface area contributed by atoms with Gasteiger partial charge in [-0.3, -0.25) is 4.79 Å². The van der Waals surface area contributed by atoms with Crippen molar-refractivity contribution in [3.63, 3.8) is 0 Å². The largest absolute Gasteiger partial charge is 0.455 e. The first-order chi connectivity index (χ1) is 18.0. The number of hydrogen-bond donors (Lipinski definition) is 1. The van der Waals surface area contributed by atoms with E-state index in [1.165, 1.54) is 45.3 Å². The molecule has 3 aliphatic heterocycles. The van der Waals surface area contributed by atoms with Gasteiger partial charge >= 0.3 is 0 Å². The Balaban J connectivity index is 1.30. The number of nitrogens with one attached hydrogen (secondary N) is 1. The van der Waals surface area contributed by atoms with Crippen LogP contribution in [0.2, 0.25) is 0 Å². The van der Waals surface area contributed by atoms with Gasteiger partial charge in [-0.1, -0.05) is 50.1 Å². The summed E-state index contributed by atoms with van der Waals surface area (Å²) < 4.78 is 6.33. The monoisotopic (exact) mass is 511 g/mol. The summed E-state index contributed by atoms with van der Waals surface area (Å²) in [6.07, 6.45) is 8.22. The van der Waals surface area contributed by atoms with Gasteiger partial charge in [0.05, 0.1) is 12.1 Å². The molecule has 7 nitrogen and oxygen atoms in total. The maximum absolute atomic E-state index is 13.7. The summed E-state index contributed by atoms with van der Waals surface area (Å²) in [5.74, 6) is 0.259. The summed E-state index contributed by atoms with van der Waals surface area (Å²) in [6.45, 7) is 14.5. The van der Waals surface area contributed by atoms with Gasteiger partial charge in [-0.05, 0) is 78.1 Å². The van der Waals surface area contributed by atoms with Gasteiger partial charge in [-0.25, -0.2) is 4.99 Å². The summed E-state index contributed by atoms with van der Waals surface area (Å²) in [5, 5.41) is 3.65. The van der Waals surface area contributed by atoms with Gasteiger partial charge in [0.15, 0.2) is 0 Å². The van der Waals surface area contributed by atoms with E-state index in [2.05, 4.69) is 59.8 Å². The first-order valence-electron chi connectivity index (χ1n) is 14.8. The number of piperidine rings is 1. The fourth-order valence-electron chi connectivity index (χ4n) is 5.90. The van der Waals surface area contributed by atoms with Gasteiger partial charge in [0, 0.05) is 31.7 Å². The van der Waals surface area contributed by atoms with Crippen molar-refractivity contribution in [1.82, 2.24) is 20.0 Å². The second-order valence-electron chi connectivity index (χ2n) is 11.4. The van der Waals surface area contributed by atoms with E-state index in [9.17, 15) is 4.79 Å². The van der Waals surface area contributed by atoms with Gasteiger partial charge in [-0.2, -0.15) is 0 Å². The number of carbonyl (C=O) groups excluding carboxylic acids is 1. The van der Waals surface area contributed by atoms with Gasteiger partial charge in [0.25, 0.3) is 6.02 Å².